The van der Waals surface area contributed by atoms with E-state index in [4.69, 9.17) is 4.74 Å². The van der Waals surface area contributed by atoms with Crippen LogP contribution >= 0.6 is 0 Å². The third-order valence-electron chi connectivity index (χ3n) is 5.75. The van der Waals surface area contributed by atoms with Crippen molar-refractivity contribution in [3.8, 4) is 0 Å². The van der Waals surface area contributed by atoms with Crippen LogP contribution in [0, 0.1) is 5.82 Å². The number of halogens is 1. The number of anilines is 1. The highest BCUT2D eigenvalue weighted by Gasteiger charge is 2.22. The fraction of sp³-hybridized carbons (Fsp3) is 0.280. The molecule has 1 fully saturated rings. The Labute approximate surface area is 187 Å². The third kappa shape index (κ3) is 4.82. The van der Waals surface area contributed by atoms with Crippen LogP contribution in [0.1, 0.15) is 16.7 Å². The number of benzene rings is 2. The SMILES string of the molecule is Fc1cc(C=Cc2ccc(N3CCN(C4=NCCO4)CC3)cc2)cc(Cn2ccnc2)c1. The fourth-order valence-corrected chi connectivity index (χ4v) is 4.11. The molecule has 0 amide bonds. The van der Waals surface area contributed by atoms with Crippen LogP contribution in [0.2, 0.25) is 0 Å². The molecule has 0 atom stereocenters. The Morgan fingerprint density at radius 2 is 1.72 bits per heavy atom. The Morgan fingerprint density at radius 1 is 0.938 bits per heavy atom. The van der Waals surface area contributed by atoms with Crippen LogP contribution in [0.4, 0.5) is 10.1 Å². The van der Waals surface area contributed by atoms with Crippen molar-refractivity contribution in [1.29, 1.82) is 0 Å². The molecule has 2 aliphatic rings. The largest absolute Gasteiger partial charge is 0.463 e. The van der Waals surface area contributed by atoms with Gasteiger partial charge in [-0.05, 0) is 47.0 Å². The van der Waals surface area contributed by atoms with Crippen LogP contribution in [-0.4, -0.2) is 59.8 Å². The van der Waals surface area contributed by atoms with Gasteiger partial charge in [-0.2, -0.15) is 0 Å². The minimum atomic E-state index is -0.231. The smallest absolute Gasteiger partial charge is 0.287 e. The van der Waals surface area contributed by atoms with Crippen molar-refractivity contribution in [1.82, 2.24) is 14.5 Å². The second-order valence-electron chi connectivity index (χ2n) is 8.04. The van der Waals surface area contributed by atoms with Gasteiger partial charge in [-0.15, -0.1) is 0 Å². The molecule has 32 heavy (non-hydrogen) atoms. The van der Waals surface area contributed by atoms with Gasteiger partial charge in [-0.1, -0.05) is 24.3 Å². The van der Waals surface area contributed by atoms with Crippen molar-refractivity contribution in [2.45, 2.75) is 6.54 Å². The molecule has 0 saturated carbocycles. The molecule has 164 valence electrons. The van der Waals surface area contributed by atoms with Crippen LogP contribution < -0.4 is 4.90 Å². The summed E-state index contributed by atoms with van der Waals surface area (Å²) in [5.41, 5.74) is 4.05. The lowest BCUT2D eigenvalue weighted by Gasteiger charge is -2.36. The number of piperazine rings is 1. The van der Waals surface area contributed by atoms with E-state index in [9.17, 15) is 4.39 Å². The van der Waals surface area contributed by atoms with Crippen LogP contribution in [0.15, 0.2) is 66.2 Å². The summed E-state index contributed by atoms with van der Waals surface area (Å²) in [7, 11) is 0. The van der Waals surface area contributed by atoms with E-state index in [0.717, 1.165) is 55.4 Å². The van der Waals surface area contributed by atoms with Crippen LogP contribution in [0.5, 0.6) is 0 Å². The van der Waals surface area contributed by atoms with Crippen molar-refractivity contribution >= 4 is 23.9 Å². The van der Waals surface area contributed by atoms with Gasteiger partial charge < -0.3 is 19.1 Å². The number of hydrogen-bond acceptors (Lipinski definition) is 5. The summed E-state index contributed by atoms with van der Waals surface area (Å²) in [6.07, 6.45) is 9.31. The maximum Gasteiger partial charge on any atom is 0.287 e. The van der Waals surface area contributed by atoms with Gasteiger partial charge in [0.1, 0.15) is 12.4 Å². The molecule has 1 saturated heterocycles. The molecule has 2 aliphatic heterocycles. The number of nitrogens with zero attached hydrogens (tertiary/aromatic N) is 5. The molecule has 1 aromatic heterocycles. The van der Waals surface area contributed by atoms with E-state index in [1.807, 2.05) is 29.0 Å². The van der Waals surface area contributed by atoms with Crippen molar-refractivity contribution in [3.63, 3.8) is 0 Å². The molecule has 0 aliphatic carbocycles. The maximum atomic E-state index is 14.1. The van der Waals surface area contributed by atoms with E-state index in [0.29, 0.717) is 13.2 Å². The maximum absolute atomic E-state index is 14.1. The Hall–Kier alpha value is -3.61. The molecular weight excluding hydrogens is 405 g/mol. The summed E-state index contributed by atoms with van der Waals surface area (Å²) in [4.78, 5) is 13.1. The normalized spacial score (nSPS) is 16.5. The first-order chi connectivity index (χ1) is 15.7. The summed E-state index contributed by atoms with van der Waals surface area (Å²) in [6.45, 7) is 5.79. The lowest BCUT2D eigenvalue weighted by atomic mass is 10.1. The Morgan fingerprint density at radius 3 is 2.44 bits per heavy atom. The van der Waals surface area contributed by atoms with Crippen LogP contribution in [0.25, 0.3) is 12.2 Å². The molecule has 0 bridgehead atoms. The number of amidine groups is 1. The summed E-state index contributed by atoms with van der Waals surface area (Å²) < 4.78 is 21.6. The first kappa shape index (κ1) is 20.3. The van der Waals surface area contributed by atoms with Crippen molar-refractivity contribution in [2.75, 3.05) is 44.2 Å². The van der Waals surface area contributed by atoms with Crippen LogP contribution in [0.3, 0.4) is 0 Å². The number of rotatable bonds is 5. The fourth-order valence-electron chi connectivity index (χ4n) is 4.11. The highest BCUT2D eigenvalue weighted by molar-refractivity contribution is 5.75. The van der Waals surface area contributed by atoms with Gasteiger partial charge in [0.15, 0.2) is 0 Å². The highest BCUT2D eigenvalue weighted by atomic mass is 19.1. The average molecular weight is 432 g/mol. The second-order valence-corrected chi connectivity index (χ2v) is 8.04. The minimum absolute atomic E-state index is 0.231. The molecular formula is C25H26FN5O. The highest BCUT2D eigenvalue weighted by Crippen LogP contribution is 2.20. The molecule has 5 rings (SSSR count). The molecule has 0 spiro atoms. The van der Waals surface area contributed by atoms with Crippen molar-refractivity contribution in [3.05, 3.63) is 83.7 Å². The van der Waals surface area contributed by atoms with E-state index in [1.165, 1.54) is 5.69 Å². The van der Waals surface area contributed by atoms with E-state index >= 15 is 0 Å². The van der Waals surface area contributed by atoms with Crippen molar-refractivity contribution < 1.29 is 9.13 Å². The molecule has 3 heterocycles. The second kappa shape index (κ2) is 9.26. The summed E-state index contributed by atoms with van der Waals surface area (Å²) in [5.74, 6) is -0.231. The Bertz CT molecular complexity index is 1100. The van der Waals surface area contributed by atoms with E-state index in [1.54, 1.807) is 24.7 Å². The first-order valence-electron chi connectivity index (χ1n) is 10.9. The van der Waals surface area contributed by atoms with Gasteiger partial charge in [0.05, 0.1) is 12.9 Å². The summed E-state index contributed by atoms with van der Waals surface area (Å²) in [6, 6.07) is 14.4. The standard InChI is InChI=1S/C25H26FN5O/c26-23-16-21(15-22(17-23)18-29-9-7-27-19-29)2-1-20-3-5-24(6-4-20)30-10-12-31(13-11-30)25-28-8-14-32-25/h1-7,9,15-17,19H,8,10-14,18H2. The summed E-state index contributed by atoms with van der Waals surface area (Å²) in [5, 5.41) is 0. The molecule has 3 aromatic rings. The van der Waals surface area contributed by atoms with Gasteiger partial charge >= 0.3 is 0 Å². The van der Waals surface area contributed by atoms with Gasteiger partial charge in [0.25, 0.3) is 6.02 Å². The zero-order valence-corrected chi connectivity index (χ0v) is 17.9. The van der Waals surface area contributed by atoms with Crippen molar-refractivity contribution in [2.24, 2.45) is 4.99 Å². The quantitative estimate of drug-likeness (QED) is 0.578. The molecule has 0 unspecified atom stereocenters. The summed E-state index contributed by atoms with van der Waals surface area (Å²) >= 11 is 0. The number of aliphatic imine (C=N–C) groups is 1. The average Bonchev–Trinajstić information content (AvgIpc) is 3.53. The van der Waals surface area contributed by atoms with E-state index in [2.05, 4.69) is 44.0 Å². The molecule has 2 aromatic carbocycles. The predicted molar refractivity (Wildman–Crippen MR) is 125 cm³/mol. The van der Waals surface area contributed by atoms with Gasteiger partial charge in [0.2, 0.25) is 0 Å². The first-order valence-corrected chi connectivity index (χ1v) is 10.9. The number of ether oxygens (including phenoxy) is 1. The topological polar surface area (TPSA) is 45.9 Å². The predicted octanol–water partition coefficient (Wildman–Crippen LogP) is 3.75. The third-order valence-corrected chi connectivity index (χ3v) is 5.75. The number of aromatic nitrogens is 2. The zero-order valence-electron chi connectivity index (χ0n) is 17.9. The Balaban J connectivity index is 1.21. The van der Waals surface area contributed by atoms with Gasteiger partial charge in [-0.3, -0.25) is 0 Å². The zero-order chi connectivity index (χ0) is 21.8. The van der Waals surface area contributed by atoms with E-state index < -0.39 is 0 Å². The lowest BCUT2D eigenvalue weighted by molar-refractivity contribution is 0.255. The monoisotopic (exact) mass is 431 g/mol. The van der Waals surface area contributed by atoms with E-state index in [-0.39, 0.29) is 5.82 Å². The molecule has 0 N–H and O–H groups in total. The molecule has 0 radical (unpaired) electrons. The van der Waals surface area contributed by atoms with Crippen LogP contribution in [-0.2, 0) is 11.3 Å². The van der Waals surface area contributed by atoms with Gasteiger partial charge in [-0.25, -0.2) is 14.4 Å². The minimum Gasteiger partial charge on any atom is -0.463 e. The number of imidazole rings is 1. The Kier molecular flexibility index (Phi) is 5.87. The molecule has 6 nitrogen and oxygen atoms in total. The van der Waals surface area contributed by atoms with Gasteiger partial charge in [0, 0.05) is 50.8 Å². The molecule has 7 heteroatoms. The number of hydrogen-bond donors (Lipinski definition) is 0. The lowest BCUT2D eigenvalue weighted by Crippen LogP contribution is -2.48.